The molecule has 0 saturated carbocycles. The van der Waals surface area contributed by atoms with Gasteiger partial charge in [0.2, 0.25) is 0 Å². The summed E-state index contributed by atoms with van der Waals surface area (Å²) in [5.74, 6) is 0. The quantitative estimate of drug-likeness (QED) is 0.254. The Morgan fingerprint density at radius 2 is 1.42 bits per heavy atom. The van der Waals surface area contributed by atoms with Gasteiger partial charge in [-0.25, -0.2) is 0 Å². The molecule has 0 aliphatic heterocycles. The third-order valence-corrected chi connectivity index (χ3v) is 6.10. The topological polar surface area (TPSA) is 0 Å². The molecular weight excluding hydrogens is 447 g/mol. The van der Waals surface area contributed by atoms with Crippen LogP contribution in [0.4, 0.5) is 0 Å². The van der Waals surface area contributed by atoms with Crippen LogP contribution in [-0.4, -0.2) is 29.6 Å². The summed E-state index contributed by atoms with van der Waals surface area (Å²) in [7, 11) is 0. The maximum Gasteiger partial charge on any atom is 0.0473 e. The zero-order valence-electron chi connectivity index (χ0n) is 6.04. The Balaban J connectivity index is 0.00000121. The molecule has 0 heterocycles. The number of thiol groups is 1. The summed E-state index contributed by atoms with van der Waals surface area (Å²) in [5.41, 5.74) is 0. The SMILES string of the molecule is Sc1c(Br)cc(Br)c(Br)c1Br.[Na]. The summed E-state index contributed by atoms with van der Waals surface area (Å²) in [6.45, 7) is 0. The van der Waals surface area contributed by atoms with Crippen LogP contribution in [0.1, 0.15) is 0 Å². The molecule has 61 valence electrons. The van der Waals surface area contributed by atoms with E-state index >= 15 is 0 Å². The summed E-state index contributed by atoms with van der Waals surface area (Å²) < 4.78 is 3.88. The number of hydrogen-bond acceptors (Lipinski definition) is 1. The minimum atomic E-state index is 0. The fourth-order valence-corrected chi connectivity index (χ4v) is 3.32. The maximum atomic E-state index is 4.28. The molecule has 0 saturated heterocycles. The van der Waals surface area contributed by atoms with E-state index in [9.17, 15) is 0 Å². The molecule has 0 aliphatic rings. The fraction of sp³-hybridized carbons (Fsp3) is 0. The zero-order valence-corrected chi connectivity index (χ0v) is 15.3. The Hall–Kier alpha value is 2.49. The molecule has 0 N–H and O–H groups in total. The van der Waals surface area contributed by atoms with Crippen LogP contribution in [0.2, 0.25) is 0 Å². The zero-order chi connectivity index (χ0) is 8.59. The molecule has 1 rings (SSSR count). The van der Waals surface area contributed by atoms with E-state index in [1.54, 1.807) is 0 Å². The number of hydrogen-bond donors (Lipinski definition) is 1. The normalized spacial score (nSPS) is 9.42. The molecule has 0 fully saturated rings. The molecule has 0 bridgehead atoms. The van der Waals surface area contributed by atoms with Gasteiger partial charge in [0.25, 0.3) is 0 Å². The molecule has 1 aromatic rings. The van der Waals surface area contributed by atoms with Crippen LogP contribution in [0.3, 0.4) is 0 Å². The number of rotatable bonds is 0. The monoisotopic (exact) mass is 445 g/mol. The van der Waals surface area contributed by atoms with Crippen molar-refractivity contribution in [1.82, 2.24) is 0 Å². The Kier molecular flexibility index (Phi) is 7.43. The van der Waals surface area contributed by atoms with Gasteiger partial charge in [-0.2, -0.15) is 0 Å². The summed E-state index contributed by atoms with van der Waals surface area (Å²) >= 11 is 17.8. The Bertz CT molecular complexity index is 276. The predicted molar refractivity (Wildman–Crippen MR) is 70.2 cm³/mol. The van der Waals surface area contributed by atoms with Crippen molar-refractivity contribution in [1.29, 1.82) is 0 Å². The predicted octanol–water partition coefficient (Wildman–Crippen LogP) is 4.64. The fourth-order valence-electron chi connectivity index (χ4n) is 0.557. The van der Waals surface area contributed by atoms with Crippen molar-refractivity contribution in [3.63, 3.8) is 0 Å². The summed E-state index contributed by atoms with van der Waals surface area (Å²) in [4.78, 5) is 0.889. The van der Waals surface area contributed by atoms with Crippen molar-refractivity contribution in [3.05, 3.63) is 24.0 Å². The molecule has 0 unspecified atom stereocenters. The third kappa shape index (κ3) is 3.26. The van der Waals surface area contributed by atoms with E-state index < -0.39 is 0 Å². The van der Waals surface area contributed by atoms with Crippen LogP contribution in [0.25, 0.3) is 0 Å². The first-order valence-electron chi connectivity index (χ1n) is 2.56. The number of halogens is 4. The molecular formula is C6H2Br4NaS. The molecule has 1 radical (unpaired) electrons. The van der Waals surface area contributed by atoms with Crippen LogP contribution in [0.5, 0.6) is 0 Å². The van der Waals surface area contributed by atoms with Gasteiger partial charge in [0.15, 0.2) is 0 Å². The minimum Gasteiger partial charge on any atom is -0.141 e. The van der Waals surface area contributed by atoms with E-state index in [0.717, 1.165) is 22.8 Å². The summed E-state index contributed by atoms with van der Waals surface area (Å²) in [6, 6.07) is 1.94. The van der Waals surface area contributed by atoms with Crippen molar-refractivity contribution in [2.24, 2.45) is 0 Å². The van der Waals surface area contributed by atoms with Gasteiger partial charge in [-0.3, -0.25) is 0 Å². The van der Waals surface area contributed by atoms with E-state index in [-0.39, 0.29) is 29.6 Å². The molecule has 0 aromatic heterocycles. The average Bonchev–Trinajstić information content (AvgIpc) is 1.97. The first kappa shape index (κ1) is 14.5. The molecule has 0 aliphatic carbocycles. The summed E-state index contributed by atoms with van der Waals surface area (Å²) in [5, 5.41) is 0. The van der Waals surface area contributed by atoms with Crippen LogP contribution in [-0.2, 0) is 0 Å². The van der Waals surface area contributed by atoms with Crippen LogP contribution in [0, 0.1) is 0 Å². The largest absolute Gasteiger partial charge is 0.141 e. The Morgan fingerprint density at radius 3 is 1.92 bits per heavy atom. The van der Waals surface area contributed by atoms with Crippen molar-refractivity contribution in [3.8, 4) is 0 Å². The first-order chi connectivity index (χ1) is 5.04. The van der Waals surface area contributed by atoms with Crippen molar-refractivity contribution >= 4 is 106 Å². The standard InChI is InChI=1S/C6H2Br4S.Na/c7-2-1-3(8)6(11)5(10)4(2)9;/h1,11H;. The van der Waals surface area contributed by atoms with Gasteiger partial charge in [-0.15, -0.1) is 12.6 Å². The number of benzene rings is 1. The second-order valence-electron chi connectivity index (χ2n) is 1.82. The van der Waals surface area contributed by atoms with Gasteiger partial charge in [0.05, 0.1) is 0 Å². The average molecular weight is 449 g/mol. The van der Waals surface area contributed by atoms with E-state index in [1.165, 1.54) is 0 Å². The molecule has 1 aromatic carbocycles. The maximum absolute atomic E-state index is 4.28. The van der Waals surface area contributed by atoms with Crippen LogP contribution < -0.4 is 0 Å². The third-order valence-electron chi connectivity index (χ3n) is 1.09. The van der Waals surface area contributed by atoms with E-state index in [1.807, 2.05) is 6.07 Å². The van der Waals surface area contributed by atoms with E-state index in [4.69, 9.17) is 0 Å². The van der Waals surface area contributed by atoms with Crippen LogP contribution in [0.15, 0.2) is 28.9 Å². The van der Waals surface area contributed by atoms with Crippen molar-refractivity contribution < 1.29 is 0 Å². The van der Waals surface area contributed by atoms with Gasteiger partial charge < -0.3 is 0 Å². The molecule has 12 heavy (non-hydrogen) atoms. The molecule has 0 nitrogen and oxygen atoms in total. The second kappa shape index (κ2) is 6.16. The molecule has 0 atom stereocenters. The van der Waals surface area contributed by atoms with Gasteiger partial charge in [-0.1, -0.05) is 0 Å². The molecule has 0 spiro atoms. The van der Waals surface area contributed by atoms with Crippen LogP contribution >= 0.6 is 76.3 Å². The summed E-state index contributed by atoms with van der Waals surface area (Å²) in [6.07, 6.45) is 0. The van der Waals surface area contributed by atoms with Crippen molar-refractivity contribution in [2.45, 2.75) is 4.90 Å². The first-order valence-corrected chi connectivity index (χ1v) is 6.18. The molecule has 0 amide bonds. The van der Waals surface area contributed by atoms with E-state index in [2.05, 4.69) is 76.3 Å². The Morgan fingerprint density at radius 1 is 0.917 bits per heavy atom. The van der Waals surface area contributed by atoms with Gasteiger partial charge >= 0.3 is 0 Å². The van der Waals surface area contributed by atoms with Gasteiger partial charge in [0.1, 0.15) is 0 Å². The van der Waals surface area contributed by atoms with Gasteiger partial charge in [0, 0.05) is 52.3 Å². The van der Waals surface area contributed by atoms with Crippen molar-refractivity contribution in [2.75, 3.05) is 0 Å². The Labute approximate surface area is 132 Å². The van der Waals surface area contributed by atoms with Gasteiger partial charge in [-0.05, 0) is 69.8 Å². The minimum absolute atomic E-state index is 0. The second-order valence-corrected chi connectivity index (χ2v) is 5.56. The van der Waals surface area contributed by atoms with E-state index in [0.29, 0.717) is 0 Å². The molecule has 6 heteroatoms. The smallest absolute Gasteiger partial charge is 0.0473 e.